The number of thiocarbonyl (C=S) groups is 1. The van der Waals surface area contributed by atoms with Crippen LogP contribution in [0, 0.1) is 3.57 Å². The van der Waals surface area contributed by atoms with Crippen molar-refractivity contribution in [3.63, 3.8) is 0 Å². The second-order valence-electron chi connectivity index (χ2n) is 5.14. The molecular formula is C17H10ClIN2O3S. The molecule has 0 saturated carbocycles. The summed E-state index contributed by atoms with van der Waals surface area (Å²) in [6.07, 6.45) is 1.35. The number of hydrogen-bond donors (Lipinski definition) is 2. The van der Waals surface area contributed by atoms with Gasteiger partial charge in [0.05, 0.1) is 5.69 Å². The maximum atomic E-state index is 12.8. The fourth-order valence-corrected chi connectivity index (χ4v) is 3.20. The first kappa shape index (κ1) is 17.8. The Bertz CT molecular complexity index is 928. The number of carbonyl (C=O) groups is 2. The maximum Gasteiger partial charge on any atom is 0.270 e. The summed E-state index contributed by atoms with van der Waals surface area (Å²) in [7, 11) is 0. The predicted molar refractivity (Wildman–Crippen MR) is 108 cm³/mol. The molecule has 0 bridgehead atoms. The van der Waals surface area contributed by atoms with Crippen molar-refractivity contribution in [2.45, 2.75) is 0 Å². The van der Waals surface area contributed by atoms with Gasteiger partial charge in [-0.15, -0.1) is 0 Å². The van der Waals surface area contributed by atoms with Crippen LogP contribution >= 0.6 is 46.4 Å². The van der Waals surface area contributed by atoms with Gasteiger partial charge in [-0.05, 0) is 83.3 Å². The quantitative estimate of drug-likeness (QED) is 0.296. The van der Waals surface area contributed by atoms with E-state index in [2.05, 4.69) is 27.9 Å². The molecular weight excluding hydrogens is 475 g/mol. The lowest BCUT2D eigenvalue weighted by atomic mass is 10.1. The Kier molecular flexibility index (Phi) is 5.07. The summed E-state index contributed by atoms with van der Waals surface area (Å²) < 4.78 is 0.857. The Balaban J connectivity index is 2.05. The number of rotatable bonds is 2. The lowest BCUT2D eigenvalue weighted by molar-refractivity contribution is -0.122. The Morgan fingerprint density at radius 3 is 2.52 bits per heavy atom. The van der Waals surface area contributed by atoms with Crippen molar-refractivity contribution in [2.24, 2.45) is 0 Å². The summed E-state index contributed by atoms with van der Waals surface area (Å²) >= 11 is 13.1. The molecule has 25 heavy (non-hydrogen) atoms. The van der Waals surface area contributed by atoms with Crippen LogP contribution in [0.3, 0.4) is 0 Å². The van der Waals surface area contributed by atoms with Crippen molar-refractivity contribution in [1.82, 2.24) is 5.32 Å². The Labute approximate surface area is 167 Å². The Morgan fingerprint density at radius 2 is 1.84 bits per heavy atom. The number of nitrogens with zero attached hydrogens (tertiary/aromatic N) is 1. The molecule has 126 valence electrons. The molecule has 1 aliphatic heterocycles. The van der Waals surface area contributed by atoms with Gasteiger partial charge in [-0.2, -0.15) is 0 Å². The second-order valence-corrected chi connectivity index (χ2v) is 7.21. The molecule has 2 aromatic rings. The summed E-state index contributed by atoms with van der Waals surface area (Å²) in [6, 6.07) is 11.4. The minimum absolute atomic E-state index is 0.0127. The number of carbonyl (C=O) groups excluding carboxylic acids is 2. The fourth-order valence-electron chi connectivity index (χ4n) is 2.28. The van der Waals surface area contributed by atoms with E-state index in [1.54, 1.807) is 36.4 Å². The van der Waals surface area contributed by atoms with Gasteiger partial charge in [0.1, 0.15) is 11.3 Å². The SMILES string of the molecule is O=C1NC(=S)N(c2ccc(Cl)cc2)C(=O)C1=Cc1cc(I)ccc1O. The highest BCUT2D eigenvalue weighted by Crippen LogP contribution is 2.26. The van der Waals surface area contributed by atoms with Crippen LogP contribution in [-0.4, -0.2) is 22.0 Å². The largest absolute Gasteiger partial charge is 0.507 e. The van der Waals surface area contributed by atoms with Crippen molar-refractivity contribution < 1.29 is 14.7 Å². The number of nitrogens with one attached hydrogen (secondary N) is 1. The van der Waals surface area contributed by atoms with Crippen LogP contribution in [0.2, 0.25) is 5.02 Å². The van der Waals surface area contributed by atoms with Gasteiger partial charge in [0.25, 0.3) is 11.8 Å². The fraction of sp³-hybridized carbons (Fsp3) is 0. The highest BCUT2D eigenvalue weighted by molar-refractivity contribution is 14.1. The summed E-state index contributed by atoms with van der Waals surface area (Å²) in [5.74, 6) is -1.22. The minimum Gasteiger partial charge on any atom is -0.507 e. The summed E-state index contributed by atoms with van der Waals surface area (Å²) in [6.45, 7) is 0. The number of amides is 2. The predicted octanol–water partition coefficient (Wildman–Crippen LogP) is 3.48. The number of halogens is 2. The van der Waals surface area contributed by atoms with Crippen LogP contribution in [0.4, 0.5) is 5.69 Å². The first-order valence-corrected chi connectivity index (χ1v) is 8.89. The molecule has 0 spiro atoms. The molecule has 1 fully saturated rings. The number of phenolic OH excluding ortho intramolecular Hbond substituents is 1. The van der Waals surface area contributed by atoms with Crippen molar-refractivity contribution in [1.29, 1.82) is 0 Å². The molecule has 0 atom stereocenters. The third-order valence-corrected chi connectivity index (χ3v) is 4.68. The van der Waals surface area contributed by atoms with E-state index in [1.807, 2.05) is 0 Å². The zero-order valence-electron chi connectivity index (χ0n) is 12.5. The lowest BCUT2D eigenvalue weighted by Gasteiger charge is -2.29. The Hall–Kier alpha value is -1.97. The Morgan fingerprint density at radius 1 is 1.16 bits per heavy atom. The van der Waals surface area contributed by atoms with E-state index in [1.165, 1.54) is 17.0 Å². The standard InChI is InChI=1S/C17H10ClIN2O3S/c18-10-1-4-12(5-2-10)21-16(24)13(15(23)20-17(21)25)8-9-7-11(19)3-6-14(9)22/h1-8,22H,(H,20,23,25). The van der Waals surface area contributed by atoms with Crippen molar-refractivity contribution >= 4 is 75.1 Å². The van der Waals surface area contributed by atoms with Crippen molar-refractivity contribution in [3.05, 3.63) is 62.2 Å². The van der Waals surface area contributed by atoms with E-state index in [0.29, 0.717) is 16.3 Å². The van der Waals surface area contributed by atoms with Crippen molar-refractivity contribution in [2.75, 3.05) is 4.90 Å². The minimum atomic E-state index is -0.613. The van der Waals surface area contributed by atoms with E-state index in [0.717, 1.165) is 3.57 Å². The second kappa shape index (κ2) is 7.11. The lowest BCUT2D eigenvalue weighted by Crippen LogP contribution is -2.54. The van der Waals surface area contributed by atoms with Crippen LogP contribution in [0.1, 0.15) is 5.56 Å². The third-order valence-electron chi connectivity index (χ3n) is 3.48. The molecule has 1 saturated heterocycles. The smallest absolute Gasteiger partial charge is 0.270 e. The van der Waals surface area contributed by atoms with E-state index < -0.39 is 11.8 Å². The topological polar surface area (TPSA) is 69.6 Å². The molecule has 2 amide bonds. The van der Waals surface area contributed by atoms with E-state index in [-0.39, 0.29) is 16.4 Å². The molecule has 0 aromatic heterocycles. The number of hydrogen-bond acceptors (Lipinski definition) is 4. The number of anilines is 1. The van der Waals surface area contributed by atoms with Crippen LogP contribution in [0.25, 0.3) is 6.08 Å². The molecule has 0 unspecified atom stereocenters. The molecule has 5 nitrogen and oxygen atoms in total. The van der Waals surface area contributed by atoms with Gasteiger partial charge in [0, 0.05) is 14.2 Å². The van der Waals surface area contributed by atoms with E-state index in [9.17, 15) is 14.7 Å². The molecule has 3 rings (SSSR count). The van der Waals surface area contributed by atoms with Gasteiger partial charge < -0.3 is 5.11 Å². The van der Waals surface area contributed by atoms with Gasteiger partial charge in [0.2, 0.25) is 0 Å². The summed E-state index contributed by atoms with van der Waals surface area (Å²) in [4.78, 5) is 26.3. The van der Waals surface area contributed by atoms with E-state index >= 15 is 0 Å². The first-order chi connectivity index (χ1) is 11.9. The van der Waals surface area contributed by atoms with Crippen LogP contribution in [-0.2, 0) is 9.59 Å². The number of benzene rings is 2. The van der Waals surface area contributed by atoms with Gasteiger partial charge in [0.15, 0.2) is 5.11 Å². The average Bonchev–Trinajstić information content (AvgIpc) is 2.56. The summed E-state index contributed by atoms with van der Waals surface area (Å²) in [5, 5.41) is 13.0. The van der Waals surface area contributed by atoms with Crippen LogP contribution in [0.15, 0.2) is 48.0 Å². The van der Waals surface area contributed by atoms with Crippen LogP contribution < -0.4 is 10.2 Å². The molecule has 2 aromatic carbocycles. The average molecular weight is 485 g/mol. The molecule has 0 aliphatic carbocycles. The highest BCUT2D eigenvalue weighted by atomic mass is 127. The van der Waals surface area contributed by atoms with Crippen molar-refractivity contribution in [3.8, 4) is 5.75 Å². The highest BCUT2D eigenvalue weighted by Gasteiger charge is 2.34. The molecule has 1 aliphatic rings. The monoisotopic (exact) mass is 484 g/mol. The molecule has 0 radical (unpaired) electrons. The number of phenols is 1. The van der Waals surface area contributed by atoms with E-state index in [4.69, 9.17) is 23.8 Å². The summed E-state index contributed by atoms with van der Waals surface area (Å²) in [5.41, 5.74) is 0.729. The molecule has 8 heteroatoms. The zero-order chi connectivity index (χ0) is 18.1. The molecule has 2 N–H and O–H groups in total. The first-order valence-electron chi connectivity index (χ1n) is 7.02. The van der Waals surface area contributed by atoms with Gasteiger partial charge in [-0.25, -0.2) is 0 Å². The van der Waals surface area contributed by atoms with Crippen LogP contribution in [0.5, 0.6) is 5.75 Å². The maximum absolute atomic E-state index is 12.8. The van der Waals surface area contributed by atoms with Gasteiger partial charge in [-0.1, -0.05) is 11.6 Å². The van der Waals surface area contributed by atoms with Gasteiger partial charge in [-0.3, -0.25) is 19.8 Å². The zero-order valence-corrected chi connectivity index (χ0v) is 16.2. The normalized spacial score (nSPS) is 16.3. The third kappa shape index (κ3) is 3.68. The molecule has 1 heterocycles. The number of aromatic hydroxyl groups is 1. The van der Waals surface area contributed by atoms with Gasteiger partial charge >= 0.3 is 0 Å².